The van der Waals surface area contributed by atoms with Crippen molar-refractivity contribution >= 4 is 5.78 Å². The zero-order chi connectivity index (χ0) is 12.0. The summed E-state index contributed by atoms with van der Waals surface area (Å²) in [6.07, 6.45) is 1.04. The first-order chi connectivity index (χ1) is 7.63. The van der Waals surface area contributed by atoms with E-state index in [4.69, 9.17) is 9.84 Å². The summed E-state index contributed by atoms with van der Waals surface area (Å²) in [5.41, 5.74) is 0.671. The Morgan fingerprint density at radius 3 is 2.35 bits per heavy atom. The predicted octanol–water partition coefficient (Wildman–Crippen LogP) is 2.43. The Morgan fingerprint density at radius 1 is 1.29 bits per heavy atom. The van der Waals surface area contributed by atoms with Crippen LogP contribution in [0, 0.1) is 0 Å². The first kappa shape index (κ1) is 16.3. The maximum absolute atomic E-state index is 11.6. The molecule has 0 atom stereocenters. The summed E-state index contributed by atoms with van der Waals surface area (Å²) in [6.45, 7) is 3.97. The van der Waals surface area contributed by atoms with Crippen LogP contribution in [0.3, 0.4) is 0 Å². The van der Waals surface area contributed by atoms with Crippen molar-refractivity contribution in [3.8, 4) is 5.75 Å². The van der Waals surface area contributed by atoms with Crippen LogP contribution in [-0.4, -0.2) is 23.6 Å². The zero-order valence-electron chi connectivity index (χ0n) is 10.2. The quantitative estimate of drug-likeness (QED) is 0.739. The van der Waals surface area contributed by atoms with Gasteiger partial charge >= 0.3 is 0 Å². The predicted molar refractivity (Wildman–Crippen MR) is 62.9 cm³/mol. The van der Waals surface area contributed by atoms with Crippen molar-refractivity contribution in [2.45, 2.75) is 32.8 Å². The van der Waals surface area contributed by atoms with Gasteiger partial charge in [0.1, 0.15) is 5.75 Å². The molecule has 0 heterocycles. The molecule has 94 valence electrons. The average molecular weight is 406 g/mol. The average Bonchev–Trinajstić information content (AvgIpc) is 2.26. The smallest absolute Gasteiger partial charge is 0.162 e. The van der Waals surface area contributed by atoms with Crippen LogP contribution in [-0.2, 0) is 21.1 Å². The molecule has 4 heteroatoms. The summed E-state index contributed by atoms with van der Waals surface area (Å²) < 4.78 is 5.48. The van der Waals surface area contributed by atoms with Crippen molar-refractivity contribution in [2.75, 3.05) is 6.61 Å². The van der Waals surface area contributed by atoms with Gasteiger partial charge in [-0.3, -0.25) is 4.79 Å². The van der Waals surface area contributed by atoms with Crippen LogP contribution in [0.1, 0.15) is 37.0 Å². The molecule has 0 saturated heterocycles. The van der Waals surface area contributed by atoms with E-state index in [1.54, 1.807) is 24.3 Å². The summed E-state index contributed by atoms with van der Waals surface area (Å²) >= 11 is 0. The van der Waals surface area contributed by atoms with E-state index in [0.29, 0.717) is 18.4 Å². The van der Waals surface area contributed by atoms with E-state index >= 15 is 0 Å². The van der Waals surface area contributed by atoms with Crippen molar-refractivity contribution in [1.82, 2.24) is 0 Å². The van der Waals surface area contributed by atoms with Gasteiger partial charge in [0.2, 0.25) is 0 Å². The third-order valence-electron chi connectivity index (χ3n) is 2.11. The van der Waals surface area contributed by atoms with Gasteiger partial charge in [0.25, 0.3) is 0 Å². The molecule has 0 fully saturated rings. The van der Waals surface area contributed by atoms with Gasteiger partial charge in [0.05, 0.1) is 6.10 Å². The normalized spacial score (nSPS) is 9.88. The topological polar surface area (TPSA) is 46.5 Å². The molecule has 0 bridgehead atoms. The van der Waals surface area contributed by atoms with Gasteiger partial charge in [-0.05, 0) is 44.5 Å². The second-order valence-electron chi connectivity index (χ2n) is 3.94. The summed E-state index contributed by atoms with van der Waals surface area (Å²) in [5.74, 6) is 0.832. The van der Waals surface area contributed by atoms with Crippen LogP contribution in [0.2, 0.25) is 0 Å². The van der Waals surface area contributed by atoms with Gasteiger partial charge in [-0.25, -0.2) is 0 Å². The number of hydrogen-bond donors (Lipinski definition) is 1. The minimum absolute atomic E-state index is 0. The Morgan fingerprint density at radius 2 is 1.88 bits per heavy atom. The number of aliphatic hydroxyl groups excluding tert-OH is 1. The number of rotatable bonds is 6. The van der Waals surface area contributed by atoms with Crippen molar-refractivity contribution in [3.05, 3.63) is 29.8 Å². The SMILES string of the molecule is CC(C)Oc1ccc(C(=O)CCCO)cc1.[W]. The van der Waals surface area contributed by atoms with Gasteiger partial charge < -0.3 is 9.84 Å². The number of benzene rings is 1. The fourth-order valence-corrected chi connectivity index (χ4v) is 1.38. The van der Waals surface area contributed by atoms with E-state index in [1.165, 1.54) is 0 Å². The number of carbonyl (C=O) groups is 1. The molecular weight excluding hydrogens is 388 g/mol. The first-order valence-corrected chi connectivity index (χ1v) is 5.54. The van der Waals surface area contributed by atoms with E-state index < -0.39 is 0 Å². The number of ether oxygens (including phenoxy) is 1. The largest absolute Gasteiger partial charge is 0.491 e. The Hall–Kier alpha value is -0.662. The summed E-state index contributed by atoms with van der Waals surface area (Å²) in [5, 5.41) is 8.63. The molecule has 0 radical (unpaired) electrons. The van der Waals surface area contributed by atoms with Crippen LogP contribution in [0.25, 0.3) is 0 Å². The van der Waals surface area contributed by atoms with Crippen LogP contribution in [0.4, 0.5) is 0 Å². The molecule has 1 aromatic carbocycles. The van der Waals surface area contributed by atoms with E-state index in [-0.39, 0.29) is 39.6 Å². The standard InChI is InChI=1S/C13H18O3.W/c1-10(2)16-12-7-5-11(6-8-12)13(15)4-3-9-14;/h5-8,10,14H,3-4,9H2,1-2H3;. The number of carbonyl (C=O) groups excluding carboxylic acids is 1. The Balaban J connectivity index is 0.00000256. The monoisotopic (exact) mass is 406 g/mol. The minimum atomic E-state index is 0. The van der Waals surface area contributed by atoms with Crippen LogP contribution >= 0.6 is 0 Å². The zero-order valence-corrected chi connectivity index (χ0v) is 13.1. The molecular formula is C13H18O3W. The molecule has 1 N–H and O–H groups in total. The molecule has 0 unspecified atom stereocenters. The molecule has 1 aromatic rings. The van der Waals surface area contributed by atoms with Gasteiger partial charge in [0.15, 0.2) is 5.78 Å². The number of Topliss-reactive ketones (excluding diaryl/α,β-unsaturated/α-hetero) is 1. The molecule has 0 saturated carbocycles. The van der Waals surface area contributed by atoms with Crippen LogP contribution in [0.5, 0.6) is 5.75 Å². The van der Waals surface area contributed by atoms with Crippen LogP contribution in [0.15, 0.2) is 24.3 Å². The third-order valence-corrected chi connectivity index (χ3v) is 2.11. The van der Waals surface area contributed by atoms with E-state index in [9.17, 15) is 4.79 Å². The minimum Gasteiger partial charge on any atom is -0.491 e. The Bertz CT molecular complexity index is 333. The molecule has 0 aliphatic rings. The van der Waals surface area contributed by atoms with Crippen LogP contribution < -0.4 is 4.74 Å². The second kappa shape index (κ2) is 8.43. The van der Waals surface area contributed by atoms with Crippen molar-refractivity contribution in [3.63, 3.8) is 0 Å². The van der Waals surface area contributed by atoms with Gasteiger partial charge in [-0.15, -0.1) is 0 Å². The molecule has 0 aliphatic heterocycles. The van der Waals surface area contributed by atoms with E-state index in [2.05, 4.69) is 0 Å². The van der Waals surface area contributed by atoms with Crippen molar-refractivity contribution in [1.29, 1.82) is 0 Å². The Labute approximate surface area is 116 Å². The fraction of sp³-hybridized carbons (Fsp3) is 0.462. The molecule has 1 rings (SSSR count). The third kappa shape index (κ3) is 5.99. The molecule has 0 aromatic heterocycles. The Kier molecular flexibility index (Phi) is 8.10. The number of aliphatic hydroxyl groups is 1. The maximum atomic E-state index is 11.6. The molecule has 3 nitrogen and oxygen atoms in total. The maximum Gasteiger partial charge on any atom is 0.162 e. The number of ketones is 1. The fourth-order valence-electron chi connectivity index (χ4n) is 1.38. The molecule has 17 heavy (non-hydrogen) atoms. The molecule has 0 amide bonds. The van der Waals surface area contributed by atoms with E-state index in [0.717, 1.165) is 5.75 Å². The molecule has 0 spiro atoms. The van der Waals surface area contributed by atoms with Crippen molar-refractivity contribution in [2.24, 2.45) is 0 Å². The number of hydrogen-bond acceptors (Lipinski definition) is 3. The molecule has 0 aliphatic carbocycles. The van der Waals surface area contributed by atoms with Gasteiger partial charge in [-0.2, -0.15) is 0 Å². The van der Waals surface area contributed by atoms with E-state index in [1.807, 2.05) is 13.8 Å². The summed E-state index contributed by atoms with van der Waals surface area (Å²) in [4.78, 5) is 11.6. The van der Waals surface area contributed by atoms with Gasteiger partial charge in [-0.1, -0.05) is 0 Å². The summed E-state index contributed by atoms with van der Waals surface area (Å²) in [7, 11) is 0. The van der Waals surface area contributed by atoms with Gasteiger partial charge in [0, 0.05) is 39.7 Å². The van der Waals surface area contributed by atoms with Crippen molar-refractivity contribution < 1.29 is 35.7 Å². The summed E-state index contributed by atoms with van der Waals surface area (Å²) in [6, 6.07) is 7.12. The first-order valence-electron chi connectivity index (χ1n) is 5.54. The second-order valence-corrected chi connectivity index (χ2v) is 3.94.